The number of carbonyl (C=O) groups is 1. The Morgan fingerprint density at radius 2 is 1.90 bits per heavy atom. The molecule has 0 radical (unpaired) electrons. The maximum Gasteiger partial charge on any atom is 0.333 e. The molecule has 2 aromatic rings. The molecule has 0 bridgehead atoms. The Kier molecular flexibility index (Phi) is 6.88. The quantitative estimate of drug-likeness (QED) is 0.693. The second-order valence-electron chi connectivity index (χ2n) is 7.04. The smallest absolute Gasteiger partial charge is 0.333 e. The summed E-state index contributed by atoms with van der Waals surface area (Å²) in [5.41, 5.74) is 5.08. The first-order chi connectivity index (χ1) is 14.4. The van der Waals surface area contributed by atoms with Gasteiger partial charge < -0.3 is 20.7 Å². The van der Waals surface area contributed by atoms with Crippen molar-refractivity contribution in [3.63, 3.8) is 0 Å². The highest BCUT2D eigenvalue weighted by Gasteiger charge is 2.24. The molecule has 1 aromatic carbocycles. The molecule has 1 aromatic heterocycles. The van der Waals surface area contributed by atoms with Gasteiger partial charge in [-0.3, -0.25) is 14.2 Å². The fourth-order valence-electron chi connectivity index (χ4n) is 3.35. The van der Waals surface area contributed by atoms with E-state index in [-0.39, 0.29) is 17.2 Å². The standard InChI is InChI=1S/C20H26FN5O4/c1-2-3-8-25-18(22)17(24-9-11-30-12-10-24)19(28)26(20(25)29)13-16(27)23-15-7-5-4-6-14(15)21/h4-7H,2-3,8-13,22H2,1H3,(H,23,27). The predicted molar refractivity (Wildman–Crippen MR) is 112 cm³/mol. The van der Waals surface area contributed by atoms with E-state index in [1.807, 2.05) is 6.92 Å². The van der Waals surface area contributed by atoms with Crippen LogP contribution in [-0.2, 0) is 22.6 Å². The van der Waals surface area contributed by atoms with Crippen LogP contribution < -0.4 is 27.2 Å². The number of nitrogen functional groups attached to an aromatic ring is 1. The second kappa shape index (κ2) is 9.57. The highest BCUT2D eigenvalue weighted by molar-refractivity contribution is 5.90. The van der Waals surface area contributed by atoms with Crippen molar-refractivity contribution in [1.82, 2.24) is 9.13 Å². The molecule has 10 heteroatoms. The van der Waals surface area contributed by atoms with E-state index in [1.54, 1.807) is 11.0 Å². The molecule has 0 aliphatic carbocycles. The number of rotatable bonds is 7. The molecule has 0 unspecified atom stereocenters. The van der Waals surface area contributed by atoms with Gasteiger partial charge in [0.25, 0.3) is 5.56 Å². The van der Waals surface area contributed by atoms with Gasteiger partial charge in [0.2, 0.25) is 5.91 Å². The lowest BCUT2D eigenvalue weighted by Crippen LogP contribution is -2.48. The summed E-state index contributed by atoms with van der Waals surface area (Å²) in [6.07, 6.45) is 1.51. The lowest BCUT2D eigenvalue weighted by molar-refractivity contribution is -0.116. The average molecular weight is 419 g/mol. The lowest BCUT2D eigenvalue weighted by Gasteiger charge is -2.30. The van der Waals surface area contributed by atoms with Crippen LogP contribution in [0, 0.1) is 5.82 Å². The van der Waals surface area contributed by atoms with Gasteiger partial charge >= 0.3 is 5.69 Å². The summed E-state index contributed by atoms with van der Waals surface area (Å²) in [4.78, 5) is 40.3. The van der Waals surface area contributed by atoms with Crippen LogP contribution in [0.5, 0.6) is 0 Å². The molecule has 3 rings (SSSR count). The van der Waals surface area contributed by atoms with Crippen molar-refractivity contribution in [2.75, 3.05) is 42.3 Å². The number of carbonyl (C=O) groups excluding carboxylic acids is 1. The van der Waals surface area contributed by atoms with Crippen molar-refractivity contribution in [1.29, 1.82) is 0 Å². The van der Waals surface area contributed by atoms with Gasteiger partial charge in [0.1, 0.15) is 23.9 Å². The zero-order chi connectivity index (χ0) is 21.7. The number of benzene rings is 1. The van der Waals surface area contributed by atoms with Gasteiger partial charge in [0.05, 0.1) is 18.9 Å². The molecule has 30 heavy (non-hydrogen) atoms. The van der Waals surface area contributed by atoms with Gasteiger partial charge in [0, 0.05) is 19.6 Å². The van der Waals surface area contributed by atoms with Gasteiger partial charge in [-0.1, -0.05) is 25.5 Å². The number of hydrogen-bond donors (Lipinski definition) is 2. The predicted octanol–water partition coefficient (Wildman–Crippen LogP) is 1.01. The number of nitrogens with two attached hydrogens (primary N) is 1. The molecule has 162 valence electrons. The third kappa shape index (κ3) is 4.54. The minimum absolute atomic E-state index is 0.0225. The van der Waals surface area contributed by atoms with Crippen LogP contribution >= 0.6 is 0 Å². The van der Waals surface area contributed by atoms with E-state index in [0.29, 0.717) is 39.3 Å². The fourth-order valence-corrected chi connectivity index (χ4v) is 3.35. The van der Waals surface area contributed by atoms with E-state index in [0.717, 1.165) is 11.0 Å². The van der Waals surface area contributed by atoms with E-state index in [4.69, 9.17) is 10.5 Å². The highest BCUT2D eigenvalue weighted by atomic mass is 19.1. The van der Waals surface area contributed by atoms with Gasteiger partial charge in [-0.25, -0.2) is 13.8 Å². The summed E-state index contributed by atoms with van der Waals surface area (Å²) in [6.45, 7) is 3.52. The van der Waals surface area contributed by atoms with Crippen molar-refractivity contribution in [2.45, 2.75) is 32.9 Å². The van der Waals surface area contributed by atoms with E-state index >= 15 is 0 Å². The highest BCUT2D eigenvalue weighted by Crippen LogP contribution is 2.19. The minimum atomic E-state index is -0.681. The zero-order valence-electron chi connectivity index (χ0n) is 16.9. The van der Waals surface area contributed by atoms with Gasteiger partial charge in [-0.05, 0) is 18.6 Å². The number of para-hydroxylation sites is 1. The molecule has 0 spiro atoms. The summed E-state index contributed by atoms with van der Waals surface area (Å²) in [5, 5.41) is 2.40. The first-order valence-corrected chi connectivity index (χ1v) is 9.94. The van der Waals surface area contributed by atoms with Crippen molar-refractivity contribution < 1.29 is 13.9 Å². The van der Waals surface area contributed by atoms with Gasteiger partial charge in [-0.15, -0.1) is 0 Å². The minimum Gasteiger partial charge on any atom is -0.383 e. The molecule has 1 amide bonds. The number of hydrogen-bond acceptors (Lipinski definition) is 6. The molecular formula is C20H26FN5O4. The number of nitrogens with one attached hydrogen (secondary N) is 1. The van der Waals surface area contributed by atoms with Crippen molar-refractivity contribution >= 4 is 23.1 Å². The molecule has 1 fully saturated rings. The van der Waals surface area contributed by atoms with Crippen LogP contribution in [0.1, 0.15) is 19.8 Å². The van der Waals surface area contributed by atoms with Gasteiger partial charge in [-0.2, -0.15) is 0 Å². The molecule has 1 aliphatic rings. The van der Waals surface area contributed by atoms with E-state index in [2.05, 4.69) is 5.32 Å². The number of morpholine rings is 1. The fraction of sp³-hybridized carbons (Fsp3) is 0.450. The summed E-state index contributed by atoms with van der Waals surface area (Å²) in [6, 6.07) is 5.68. The summed E-state index contributed by atoms with van der Waals surface area (Å²) in [5.74, 6) is -1.20. The number of anilines is 3. The number of ether oxygens (including phenoxy) is 1. The molecule has 3 N–H and O–H groups in total. The normalized spacial score (nSPS) is 14.0. The average Bonchev–Trinajstić information content (AvgIpc) is 2.74. The third-order valence-electron chi connectivity index (χ3n) is 4.96. The van der Waals surface area contributed by atoms with Gasteiger partial charge in [0.15, 0.2) is 0 Å². The number of nitrogens with zero attached hydrogens (tertiary/aromatic N) is 3. The van der Waals surface area contributed by atoms with Crippen LogP contribution in [0.25, 0.3) is 0 Å². The summed E-state index contributed by atoms with van der Waals surface area (Å²) < 4.78 is 21.3. The number of aromatic nitrogens is 2. The molecular weight excluding hydrogens is 393 g/mol. The third-order valence-corrected chi connectivity index (χ3v) is 4.96. The summed E-state index contributed by atoms with van der Waals surface area (Å²) in [7, 11) is 0. The molecule has 1 aliphatic heterocycles. The van der Waals surface area contributed by atoms with E-state index in [9.17, 15) is 18.8 Å². The lowest BCUT2D eigenvalue weighted by atomic mass is 10.3. The zero-order valence-corrected chi connectivity index (χ0v) is 16.9. The van der Waals surface area contributed by atoms with Crippen LogP contribution in [0.2, 0.25) is 0 Å². The van der Waals surface area contributed by atoms with Crippen LogP contribution in [0.15, 0.2) is 33.9 Å². The Morgan fingerprint density at radius 1 is 1.20 bits per heavy atom. The number of amides is 1. The monoisotopic (exact) mass is 419 g/mol. The Hall–Kier alpha value is -3.14. The largest absolute Gasteiger partial charge is 0.383 e. The maximum absolute atomic E-state index is 13.8. The molecule has 0 saturated carbocycles. The Morgan fingerprint density at radius 3 is 2.57 bits per heavy atom. The SMILES string of the molecule is CCCCn1c(N)c(N2CCOCC2)c(=O)n(CC(=O)Nc2ccccc2F)c1=O. The van der Waals surface area contributed by atoms with Crippen molar-refractivity contribution in [3.8, 4) is 0 Å². The topological polar surface area (TPSA) is 112 Å². The molecule has 1 saturated heterocycles. The van der Waals surface area contributed by atoms with Crippen molar-refractivity contribution in [3.05, 3.63) is 50.9 Å². The molecule has 9 nitrogen and oxygen atoms in total. The maximum atomic E-state index is 13.8. The molecule has 2 heterocycles. The Balaban J connectivity index is 1.99. The van der Waals surface area contributed by atoms with Crippen LogP contribution in [0.4, 0.5) is 21.6 Å². The van der Waals surface area contributed by atoms with Crippen LogP contribution in [0.3, 0.4) is 0 Å². The number of halogens is 1. The second-order valence-corrected chi connectivity index (χ2v) is 7.04. The van der Waals surface area contributed by atoms with Crippen LogP contribution in [-0.4, -0.2) is 41.3 Å². The first-order valence-electron chi connectivity index (χ1n) is 9.94. The Labute approximate surface area is 172 Å². The van der Waals surface area contributed by atoms with E-state index < -0.39 is 29.5 Å². The Bertz CT molecular complexity index is 1030. The first kappa shape index (κ1) is 21.6. The number of unbranched alkanes of at least 4 members (excludes halogenated alkanes) is 1. The van der Waals surface area contributed by atoms with Crippen molar-refractivity contribution in [2.24, 2.45) is 0 Å². The summed E-state index contributed by atoms with van der Waals surface area (Å²) >= 11 is 0. The van der Waals surface area contributed by atoms with E-state index in [1.165, 1.54) is 22.8 Å². The molecule has 0 atom stereocenters.